The van der Waals surface area contributed by atoms with Gasteiger partial charge in [0.1, 0.15) is 17.2 Å². The average molecular weight is 355 g/mol. The number of rotatable bonds is 8. The number of nitrogens with one attached hydrogen (secondary N) is 1. The third kappa shape index (κ3) is 5.28. The fraction of sp³-hybridized carbons (Fsp3) is 0.286. The highest BCUT2D eigenvalue weighted by atomic mass is 16.5. The molecule has 5 heteroatoms. The molecule has 1 N–H and O–H groups in total. The molecule has 2 aromatic carbocycles. The Hall–Kier alpha value is -2.95. The van der Waals surface area contributed by atoms with Gasteiger partial charge in [-0.15, -0.1) is 0 Å². The predicted molar refractivity (Wildman–Crippen MR) is 103 cm³/mol. The molecule has 0 radical (unpaired) electrons. The van der Waals surface area contributed by atoms with Crippen molar-refractivity contribution in [3.05, 3.63) is 59.7 Å². The van der Waals surface area contributed by atoms with Crippen LogP contribution in [0.4, 0.5) is 0 Å². The number of carbonyl (C=O) groups excluding carboxylic acids is 1. The van der Waals surface area contributed by atoms with Gasteiger partial charge < -0.3 is 19.5 Å². The van der Waals surface area contributed by atoms with Crippen molar-refractivity contribution in [2.45, 2.75) is 19.9 Å². The molecule has 0 heterocycles. The van der Waals surface area contributed by atoms with E-state index in [0.717, 1.165) is 16.9 Å². The molecule has 0 aliphatic heterocycles. The van der Waals surface area contributed by atoms with Crippen LogP contribution in [0.3, 0.4) is 0 Å². The Morgan fingerprint density at radius 1 is 1.08 bits per heavy atom. The topological polar surface area (TPSA) is 56.8 Å². The quantitative estimate of drug-likeness (QED) is 0.728. The van der Waals surface area contributed by atoms with E-state index in [0.29, 0.717) is 18.1 Å². The van der Waals surface area contributed by atoms with Crippen molar-refractivity contribution in [1.29, 1.82) is 0 Å². The Kier molecular flexibility index (Phi) is 7.09. The second-order valence-corrected chi connectivity index (χ2v) is 5.67. The van der Waals surface area contributed by atoms with E-state index < -0.39 is 0 Å². The van der Waals surface area contributed by atoms with Crippen molar-refractivity contribution in [3.8, 4) is 17.2 Å². The maximum atomic E-state index is 12.2. The van der Waals surface area contributed by atoms with Crippen molar-refractivity contribution >= 4 is 12.0 Å². The van der Waals surface area contributed by atoms with Crippen molar-refractivity contribution < 1.29 is 19.0 Å². The zero-order valence-corrected chi connectivity index (χ0v) is 15.6. The molecule has 0 fully saturated rings. The van der Waals surface area contributed by atoms with Gasteiger partial charge in [0.05, 0.1) is 26.9 Å². The summed E-state index contributed by atoms with van der Waals surface area (Å²) < 4.78 is 16.0. The number of methoxy groups -OCH3 is 2. The van der Waals surface area contributed by atoms with E-state index in [1.54, 1.807) is 20.3 Å². The number of carbonyl (C=O) groups is 1. The summed E-state index contributed by atoms with van der Waals surface area (Å²) in [5, 5.41) is 2.94. The van der Waals surface area contributed by atoms with Gasteiger partial charge in [-0.05, 0) is 55.8 Å². The molecular formula is C21H25NO4. The number of benzene rings is 2. The fourth-order valence-corrected chi connectivity index (χ4v) is 2.53. The Morgan fingerprint density at radius 3 is 2.38 bits per heavy atom. The van der Waals surface area contributed by atoms with E-state index in [4.69, 9.17) is 14.2 Å². The SMILES string of the molecule is CCOc1ccc(/C=C/C(=O)N[C@H](C)c2cc(OC)ccc2OC)cc1. The van der Waals surface area contributed by atoms with E-state index in [1.165, 1.54) is 6.08 Å². The van der Waals surface area contributed by atoms with Crippen LogP contribution in [0.5, 0.6) is 17.2 Å². The van der Waals surface area contributed by atoms with E-state index in [-0.39, 0.29) is 11.9 Å². The van der Waals surface area contributed by atoms with Crippen LogP contribution in [-0.4, -0.2) is 26.7 Å². The molecule has 0 aliphatic rings. The van der Waals surface area contributed by atoms with Crippen LogP contribution in [0.2, 0.25) is 0 Å². The first kappa shape index (κ1) is 19.4. The first-order valence-electron chi connectivity index (χ1n) is 8.50. The Morgan fingerprint density at radius 2 is 1.77 bits per heavy atom. The van der Waals surface area contributed by atoms with Crippen LogP contribution >= 0.6 is 0 Å². The van der Waals surface area contributed by atoms with Gasteiger partial charge in [-0.2, -0.15) is 0 Å². The maximum Gasteiger partial charge on any atom is 0.244 e. The summed E-state index contributed by atoms with van der Waals surface area (Å²) >= 11 is 0. The minimum absolute atomic E-state index is 0.184. The zero-order valence-electron chi connectivity index (χ0n) is 15.6. The molecule has 0 aliphatic carbocycles. The number of amides is 1. The van der Waals surface area contributed by atoms with Gasteiger partial charge in [0.2, 0.25) is 5.91 Å². The normalized spacial score (nSPS) is 11.8. The minimum atomic E-state index is -0.225. The molecule has 26 heavy (non-hydrogen) atoms. The van der Waals surface area contributed by atoms with Crippen molar-refractivity contribution in [1.82, 2.24) is 5.32 Å². The number of hydrogen-bond acceptors (Lipinski definition) is 4. The van der Waals surface area contributed by atoms with Crippen LogP contribution in [0, 0.1) is 0 Å². The molecule has 0 saturated carbocycles. The van der Waals surface area contributed by atoms with E-state index in [9.17, 15) is 4.79 Å². The molecule has 2 rings (SSSR count). The lowest BCUT2D eigenvalue weighted by atomic mass is 10.1. The zero-order chi connectivity index (χ0) is 18.9. The molecule has 0 bridgehead atoms. The second-order valence-electron chi connectivity index (χ2n) is 5.67. The van der Waals surface area contributed by atoms with Gasteiger partial charge in [-0.3, -0.25) is 4.79 Å². The molecule has 0 unspecified atom stereocenters. The van der Waals surface area contributed by atoms with Crippen LogP contribution in [0.15, 0.2) is 48.5 Å². The molecule has 1 amide bonds. The van der Waals surface area contributed by atoms with E-state index in [1.807, 2.05) is 56.3 Å². The predicted octanol–water partition coefficient (Wildman–Crippen LogP) is 3.99. The molecule has 0 spiro atoms. The van der Waals surface area contributed by atoms with Crippen LogP contribution in [-0.2, 0) is 4.79 Å². The summed E-state index contributed by atoms with van der Waals surface area (Å²) in [6.07, 6.45) is 3.28. The van der Waals surface area contributed by atoms with Crippen molar-refractivity contribution in [2.75, 3.05) is 20.8 Å². The fourth-order valence-electron chi connectivity index (χ4n) is 2.53. The summed E-state index contributed by atoms with van der Waals surface area (Å²) in [4.78, 5) is 12.2. The highest BCUT2D eigenvalue weighted by molar-refractivity contribution is 5.92. The first-order valence-corrected chi connectivity index (χ1v) is 8.50. The number of hydrogen-bond donors (Lipinski definition) is 1. The summed E-state index contributed by atoms with van der Waals surface area (Å²) in [5.41, 5.74) is 1.78. The number of ether oxygens (including phenoxy) is 3. The third-order valence-electron chi connectivity index (χ3n) is 3.88. The maximum absolute atomic E-state index is 12.2. The largest absolute Gasteiger partial charge is 0.497 e. The Balaban J connectivity index is 2.02. The lowest BCUT2D eigenvalue weighted by Gasteiger charge is -2.17. The van der Waals surface area contributed by atoms with Gasteiger partial charge >= 0.3 is 0 Å². The van der Waals surface area contributed by atoms with E-state index >= 15 is 0 Å². The molecule has 138 valence electrons. The highest BCUT2D eigenvalue weighted by Gasteiger charge is 2.14. The van der Waals surface area contributed by atoms with Crippen LogP contribution < -0.4 is 19.5 Å². The van der Waals surface area contributed by atoms with Gasteiger partial charge in [0.15, 0.2) is 0 Å². The Bertz CT molecular complexity index is 753. The highest BCUT2D eigenvalue weighted by Crippen LogP contribution is 2.29. The van der Waals surface area contributed by atoms with Gasteiger partial charge in [0.25, 0.3) is 0 Å². The lowest BCUT2D eigenvalue weighted by molar-refractivity contribution is -0.117. The van der Waals surface area contributed by atoms with Gasteiger partial charge in [-0.1, -0.05) is 12.1 Å². The standard InChI is InChI=1S/C21H25NO4/c1-5-26-17-9-6-16(7-10-17)8-13-21(23)22-15(2)19-14-18(24-3)11-12-20(19)25-4/h6-15H,5H2,1-4H3,(H,22,23)/b13-8+/t15-/m1/s1. The average Bonchev–Trinajstić information content (AvgIpc) is 2.67. The van der Waals surface area contributed by atoms with E-state index in [2.05, 4.69) is 5.32 Å². The Labute approximate surface area is 154 Å². The monoisotopic (exact) mass is 355 g/mol. The van der Waals surface area contributed by atoms with Crippen molar-refractivity contribution in [3.63, 3.8) is 0 Å². The molecular weight excluding hydrogens is 330 g/mol. The molecule has 0 saturated heterocycles. The van der Waals surface area contributed by atoms with Gasteiger partial charge in [0, 0.05) is 11.6 Å². The van der Waals surface area contributed by atoms with Crippen LogP contribution in [0.25, 0.3) is 6.08 Å². The minimum Gasteiger partial charge on any atom is -0.497 e. The summed E-state index contributed by atoms with van der Waals surface area (Å²) in [5.74, 6) is 2.05. The second kappa shape index (κ2) is 9.51. The summed E-state index contributed by atoms with van der Waals surface area (Å²) in [6.45, 7) is 4.47. The van der Waals surface area contributed by atoms with Crippen LogP contribution in [0.1, 0.15) is 31.0 Å². The molecule has 1 atom stereocenters. The van der Waals surface area contributed by atoms with Crippen molar-refractivity contribution in [2.24, 2.45) is 0 Å². The summed E-state index contributed by atoms with van der Waals surface area (Å²) in [7, 11) is 3.21. The molecule has 0 aromatic heterocycles. The molecule has 2 aromatic rings. The smallest absolute Gasteiger partial charge is 0.244 e. The molecule has 5 nitrogen and oxygen atoms in total. The third-order valence-corrected chi connectivity index (χ3v) is 3.88. The summed E-state index contributed by atoms with van der Waals surface area (Å²) in [6, 6.07) is 12.9. The first-order chi connectivity index (χ1) is 12.6. The lowest BCUT2D eigenvalue weighted by Crippen LogP contribution is -2.25. The van der Waals surface area contributed by atoms with Gasteiger partial charge in [-0.25, -0.2) is 0 Å².